The van der Waals surface area contributed by atoms with Gasteiger partial charge in [-0.15, -0.1) is 10.2 Å². The molecule has 1 aliphatic rings. The van der Waals surface area contributed by atoms with Crippen molar-refractivity contribution in [3.8, 4) is 22.5 Å². The zero-order valence-electron chi connectivity index (χ0n) is 20.9. The van der Waals surface area contributed by atoms with Crippen LogP contribution >= 0.6 is 15.9 Å². The molecule has 0 bridgehead atoms. The summed E-state index contributed by atoms with van der Waals surface area (Å²) >= 11 is 3.78. The van der Waals surface area contributed by atoms with Crippen LogP contribution in [0.25, 0.3) is 38.9 Å². The number of hydrogen-bond donors (Lipinski definition) is 0. The molecule has 0 fully saturated rings. The van der Waals surface area contributed by atoms with Crippen LogP contribution < -0.4 is 0 Å². The van der Waals surface area contributed by atoms with Crippen molar-refractivity contribution in [2.24, 2.45) is 0 Å². The number of hydrogen-bond acceptors (Lipinski definition) is 2. The maximum atomic E-state index is 4.70. The number of halogens is 1. The van der Waals surface area contributed by atoms with Gasteiger partial charge in [0, 0.05) is 21.6 Å². The third-order valence-corrected chi connectivity index (χ3v) is 8.57. The molecular weight excluding hydrogens is 542 g/mol. The molecule has 0 aliphatic heterocycles. The van der Waals surface area contributed by atoms with Gasteiger partial charge in [-0.3, -0.25) is 4.40 Å². The lowest BCUT2D eigenvalue weighted by atomic mass is 9.67. The highest BCUT2D eigenvalue weighted by molar-refractivity contribution is 9.10. The van der Waals surface area contributed by atoms with Crippen LogP contribution in [0.2, 0.25) is 0 Å². The minimum absolute atomic E-state index is 0.472. The van der Waals surface area contributed by atoms with Crippen molar-refractivity contribution in [2.75, 3.05) is 0 Å². The van der Waals surface area contributed by atoms with Crippen molar-refractivity contribution < 1.29 is 0 Å². The molecule has 2 heterocycles. The minimum Gasteiger partial charge on any atom is -0.282 e. The normalized spacial score (nSPS) is 13.5. The Kier molecular flexibility index (Phi) is 4.88. The number of benzene rings is 5. The van der Waals surface area contributed by atoms with Crippen LogP contribution in [0.3, 0.4) is 0 Å². The van der Waals surface area contributed by atoms with Gasteiger partial charge in [-0.05, 0) is 63.0 Å². The summed E-state index contributed by atoms with van der Waals surface area (Å²) in [6.07, 6.45) is 2.08. The van der Waals surface area contributed by atoms with Crippen molar-refractivity contribution >= 4 is 32.3 Å². The van der Waals surface area contributed by atoms with E-state index in [1.165, 1.54) is 33.4 Å². The lowest BCUT2D eigenvalue weighted by Crippen LogP contribution is -2.28. The van der Waals surface area contributed by atoms with Crippen molar-refractivity contribution in [3.63, 3.8) is 0 Å². The zero-order valence-corrected chi connectivity index (χ0v) is 22.5. The SMILES string of the molecule is Brc1ccc2c(c1)C(c1ccccc1)(c1ccccc1)c1cc(-c3nnc4c5ccccc5ccn34)ccc1-2. The maximum absolute atomic E-state index is 4.70. The molecule has 0 N–H and O–H groups in total. The van der Waals surface area contributed by atoms with Crippen LogP contribution in [0.4, 0.5) is 0 Å². The van der Waals surface area contributed by atoms with Gasteiger partial charge in [-0.1, -0.05) is 119 Å². The van der Waals surface area contributed by atoms with E-state index in [-0.39, 0.29) is 0 Å². The Hall–Kier alpha value is -4.54. The molecule has 0 amide bonds. The Balaban J connectivity index is 1.45. The number of nitrogens with zero attached hydrogens (tertiary/aromatic N) is 3. The molecule has 0 spiro atoms. The molecule has 8 rings (SSSR count). The number of aromatic nitrogens is 3. The fourth-order valence-electron chi connectivity index (χ4n) is 6.41. The third kappa shape index (κ3) is 3.15. The summed E-state index contributed by atoms with van der Waals surface area (Å²) in [5.74, 6) is 0.839. The third-order valence-electron chi connectivity index (χ3n) is 8.07. The van der Waals surface area contributed by atoms with E-state index in [1.54, 1.807) is 0 Å². The lowest BCUT2D eigenvalue weighted by molar-refractivity contribution is 0.768. The van der Waals surface area contributed by atoms with E-state index in [0.717, 1.165) is 32.3 Å². The van der Waals surface area contributed by atoms with Gasteiger partial charge in [0.25, 0.3) is 0 Å². The molecule has 39 heavy (non-hydrogen) atoms. The van der Waals surface area contributed by atoms with E-state index in [1.807, 2.05) is 0 Å². The molecule has 0 saturated heterocycles. The molecule has 4 heteroatoms. The van der Waals surface area contributed by atoms with Gasteiger partial charge in [0.15, 0.2) is 11.5 Å². The van der Waals surface area contributed by atoms with Crippen molar-refractivity contribution in [3.05, 3.63) is 160 Å². The van der Waals surface area contributed by atoms with Crippen LogP contribution in [-0.4, -0.2) is 14.6 Å². The predicted octanol–water partition coefficient (Wildman–Crippen LogP) is 8.68. The topological polar surface area (TPSA) is 30.2 Å². The number of rotatable bonds is 3. The second-order valence-corrected chi connectivity index (χ2v) is 11.0. The van der Waals surface area contributed by atoms with E-state index in [0.29, 0.717) is 0 Å². The molecule has 5 aromatic carbocycles. The summed E-state index contributed by atoms with van der Waals surface area (Å²) in [4.78, 5) is 0. The van der Waals surface area contributed by atoms with E-state index < -0.39 is 5.41 Å². The summed E-state index contributed by atoms with van der Waals surface area (Å²) in [5.41, 5.74) is 8.94. The van der Waals surface area contributed by atoms with Crippen molar-refractivity contribution in [2.45, 2.75) is 5.41 Å². The zero-order chi connectivity index (χ0) is 26.0. The van der Waals surface area contributed by atoms with Gasteiger partial charge in [0.05, 0.1) is 5.41 Å². The first-order valence-corrected chi connectivity index (χ1v) is 13.8. The molecular formula is C35H22BrN3. The highest BCUT2D eigenvalue weighted by Crippen LogP contribution is 2.57. The molecule has 3 nitrogen and oxygen atoms in total. The molecule has 1 aliphatic carbocycles. The second kappa shape index (κ2) is 8.48. The summed E-state index contributed by atoms with van der Waals surface area (Å²) in [5, 5.41) is 11.6. The smallest absolute Gasteiger partial charge is 0.168 e. The Morgan fingerprint density at radius 1 is 0.590 bits per heavy atom. The van der Waals surface area contributed by atoms with Crippen LogP contribution in [0, 0.1) is 0 Å². The average molecular weight is 564 g/mol. The monoisotopic (exact) mass is 563 g/mol. The van der Waals surface area contributed by atoms with E-state index in [2.05, 4.69) is 159 Å². The molecule has 0 radical (unpaired) electrons. The Labute approximate surface area is 234 Å². The van der Waals surface area contributed by atoms with Crippen molar-refractivity contribution in [1.29, 1.82) is 0 Å². The molecule has 2 aromatic heterocycles. The van der Waals surface area contributed by atoms with Crippen LogP contribution in [0.5, 0.6) is 0 Å². The first kappa shape index (κ1) is 22.4. The fourth-order valence-corrected chi connectivity index (χ4v) is 6.78. The van der Waals surface area contributed by atoms with E-state index >= 15 is 0 Å². The summed E-state index contributed by atoms with van der Waals surface area (Å²) in [6.45, 7) is 0. The Bertz CT molecular complexity index is 1990. The lowest BCUT2D eigenvalue weighted by Gasteiger charge is -2.34. The summed E-state index contributed by atoms with van der Waals surface area (Å²) < 4.78 is 3.18. The highest BCUT2D eigenvalue weighted by Gasteiger charge is 2.46. The van der Waals surface area contributed by atoms with Gasteiger partial charge in [0.2, 0.25) is 0 Å². The highest BCUT2D eigenvalue weighted by atomic mass is 79.9. The minimum atomic E-state index is -0.472. The van der Waals surface area contributed by atoms with Gasteiger partial charge in [-0.25, -0.2) is 0 Å². The quantitative estimate of drug-likeness (QED) is 0.215. The number of pyridine rings is 1. The largest absolute Gasteiger partial charge is 0.282 e. The number of fused-ring (bicyclic) bond motifs is 6. The summed E-state index contributed by atoms with van der Waals surface area (Å²) in [7, 11) is 0. The standard InChI is InChI=1S/C35H22BrN3/c36-27-16-18-30-29-17-15-24(33-37-38-34-28-14-8-7-9-23(28)19-20-39(33)34)21-31(29)35(32(30)22-27,25-10-3-1-4-11-25)26-12-5-2-6-13-26/h1-22H. The van der Waals surface area contributed by atoms with Gasteiger partial charge >= 0.3 is 0 Å². The molecule has 0 saturated carbocycles. The molecule has 7 aromatic rings. The van der Waals surface area contributed by atoms with E-state index in [9.17, 15) is 0 Å². The van der Waals surface area contributed by atoms with Gasteiger partial charge < -0.3 is 0 Å². The molecule has 184 valence electrons. The van der Waals surface area contributed by atoms with Crippen molar-refractivity contribution in [1.82, 2.24) is 14.6 Å². The average Bonchev–Trinajstić information content (AvgIpc) is 3.55. The molecule has 0 unspecified atom stereocenters. The van der Waals surface area contributed by atoms with Gasteiger partial charge in [-0.2, -0.15) is 0 Å². The van der Waals surface area contributed by atoms with E-state index in [4.69, 9.17) is 5.10 Å². The first-order chi connectivity index (χ1) is 19.2. The predicted molar refractivity (Wildman–Crippen MR) is 161 cm³/mol. The Morgan fingerprint density at radius 3 is 1.97 bits per heavy atom. The van der Waals surface area contributed by atoms with Gasteiger partial charge in [0.1, 0.15) is 0 Å². The van der Waals surface area contributed by atoms with Crippen LogP contribution in [0.1, 0.15) is 22.3 Å². The summed E-state index contributed by atoms with van der Waals surface area (Å²) in [6, 6.07) is 45.6. The second-order valence-electron chi connectivity index (χ2n) is 10.1. The first-order valence-electron chi connectivity index (χ1n) is 13.0. The molecule has 0 atom stereocenters. The Morgan fingerprint density at radius 2 is 1.23 bits per heavy atom. The fraction of sp³-hybridized carbons (Fsp3) is 0.0286. The van der Waals surface area contributed by atoms with Crippen LogP contribution in [0.15, 0.2) is 138 Å². The van der Waals surface area contributed by atoms with Crippen LogP contribution in [-0.2, 0) is 5.41 Å². The maximum Gasteiger partial charge on any atom is 0.168 e.